The van der Waals surface area contributed by atoms with E-state index in [9.17, 15) is 20.0 Å². The molecule has 26 heavy (non-hydrogen) atoms. The molecule has 0 amide bonds. The molecule has 0 N–H and O–H groups in total. The van der Waals surface area contributed by atoms with Gasteiger partial charge in [0.05, 0.1) is 23.7 Å². The summed E-state index contributed by atoms with van der Waals surface area (Å²) >= 11 is 0. The molecular formula is C18H18N3O5-. The second kappa shape index (κ2) is 7.30. The SMILES string of the molecule is COc1ccccc1N1CCN(c2ccc(C(=O)[O-])cc2[N+](=O)[O-])CC1. The number of hydrogen-bond donors (Lipinski definition) is 0. The highest BCUT2D eigenvalue weighted by molar-refractivity contribution is 5.88. The molecule has 2 aromatic rings. The molecule has 8 nitrogen and oxygen atoms in total. The minimum atomic E-state index is -1.43. The van der Waals surface area contributed by atoms with E-state index in [0.717, 1.165) is 17.5 Å². The van der Waals surface area contributed by atoms with Crippen molar-refractivity contribution in [2.24, 2.45) is 0 Å². The average molecular weight is 356 g/mol. The summed E-state index contributed by atoms with van der Waals surface area (Å²) < 4.78 is 5.39. The van der Waals surface area contributed by atoms with Crippen molar-refractivity contribution in [2.75, 3.05) is 43.1 Å². The molecule has 1 saturated heterocycles. The molecule has 0 aliphatic carbocycles. The first-order valence-corrected chi connectivity index (χ1v) is 8.14. The van der Waals surface area contributed by atoms with Gasteiger partial charge in [0.2, 0.25) is 0 Å². The predicted octanol–water partition coefficient (Wildman–Crippen LogP) is 1.29. The molecule has 0 unspecified atom stereocenters. The van der Waals surface area contributed by atoms with E-state index in [1.54, 1.807) is 7.11 Å². The van der Waals surface area contributed by atoms with Crippen molar-refractivity contribution in [3.8, 4) is 5.75 Å². The topological polar surface area (TPSA) is 99.0 Å². The molecule has 1 fully saturated rings. The highest BCUT2D eigenvalue weighted by Crippen LogP contribution is 2.32. The van der Waals surface area contributed by atoms with E-state index in [-0.39, 0.29) is 11.3 Å². The Morgan fingerprint density at radius 1 is 1.04 bits per heavy atom. The predicted molar refractivity (Wildman–Crippen MR) is 94.8 cm³/mol. The zero-order valence-electron chi connectivity index (χ0n) is 14.3. The van der Waals surface area contributed by atoms with Crippen LogP contribution in [0.3, 0.4) is 0 Å². The van der Waals surface area contributed by atoms with Gasteiger partial charge in [-0.05, 0) is 18.2 Å². The summed E-state index contributed by atoms with van der Waals surface area (Å²) in [6.45, 7) is 2.48. The van der Waals surface area contributed by atoms with Crippen molar-refractivity contribution in [1.29, 1.82) is 0 Å². The number of piperazine rings is 1. The molecule has 0 atom stereocenters. The molecule has 2 aromatic carbocycles. The maximum atomic E-state index is 11.3. The zero-order valence-corrected chi connectivity index (χ0v) is 14.3. The van der Waals surface area contributed by atoms with Crippen LogP contribution in [0.2, 0.25) is 0 Å². The Kier molecular flexibility index (Phi) is 4.92. The zero-order chi connectivity index (χ0) is 18.7. The number of rotatable bonds is 5. The molecule has 1 heterocycles. The normalized spacial score (nSPS) is 14.2. The second-order valence-corrected chi connectivity index (χ2v) is 5.89. The van der Waals surface area contributed by atoms with Crippen molar-refractivity contribution >= 4 is 23.0 Å². The molecule has 0 saturated carbocycles. The van der Waals surface area contributed by atoms with Gasteiger partial charge in [0, 0.05) is 37.8 Å². The Morgan fingerprint density at radius 2 is 1.65 bits per heavy atom. The first-order valence-electron chi connectivity index (χ1n) is 8.14. The fourth-order valence-electron chi connectivity index (χ4n) is 3.14. The standard InChI is InChI=1S/C18H19N3O5/c1-26-17-5-3-2-4-15(17)20-10-8-19(9-11-20)14-7-6-13(18(22)23)12-16(14)21(24)25/h2-7,12H,8-11H2,1H3,(H,22,23)/p-1. The number of para-hydroxylation sites is 2. The lowest BCUT2D eigenvalue weighted by Gasteiger charge is -2.37. The molecule has 0 spiro atoms. The summed E-state index contributed by atoms with van der Waals surface area (Å²) in [5.74, 6) is -0.647. The molecule has 1 aliphatic rings. The number of nitro groups is 1. The number of aromatic carboxylic acids is 1. The van der Waals surface area contributed by atoms with Crippen LogP contribution in [0.4, 0.5) is 17.1 Å². The van der Waals surface area contributed by atoms with Gasteiger partial charge in [-0.1, -0.05) is 18.2 Å². The first-order chi connectivity index (χ1) is 12.5. The lowest BCUT2D eigenvalue weighted by molar-refractivity contribution is -0.384. The van der Waals surface area contributed by atoms with Gasteiger partial charge in [-0.2, -0.15) is 0 Å². The number of benzene rings is 2. The van der Waals surface area contributed by atoms with E-state index in [4.69, 9.17) is 4.74 Å². The third-order valence-electron chi connectivity index (χ3n) is 4.45. The van der Waals surface area contributed by atoms with Gasteiger partial charge in [0.1, 0.15) is 11.4 Å². The van der Waals surface area contributed by atoms with Gasteiger partial charge in [-0.3, -0.25) is 10.1 Å². The van der Waals surface area contributed by atoms with E-state index in [1.165, 1.54) is 12.1 Å². The molecule has 136 valence electrons. The van der Waals surface area contributed by atoms with Crippen LogP contribution in [0.25, 0.3) is 0 Å². The summed E-state index contributed by atoms with van der Waals surface area (Å²) in [7, 11) is 1.62. The van der Waals surface area contributed by atoms with Crippen LogP contribution in [-0.2, 0) is 0 Å². The number of anilines is 2. The number of methoxy groups -OCH3 is 1. The van der Waals surface area contributed by atoms with Crippen LogP contribution in [0.15, 0.2) is 42.5 Å². The molecule has 0 aromatic heterocycles. The van der Waals surface area contributed by atoms with E-state index in [2.05, 4.69) is 4.90 Å². The third-order valence-corrected chi connectivity index (χ3v) is 4.45. The van der Waals surface area contributed by atoms with E-state index < -0.39 is 10.9 Å². The van der Waals surface area contributed by atoms with Crippen LogP contribution >= 0.6 is 0 Å². The third kappa shape index (κ3) is 3.39. The Balaban J connectivity index is 1.80. The first kappa shape index (κ1) is 17.5. The second-order valence-electron chi connectivity index (χ2n) is 5.89. The van der Waals surface area contributed by atoms with Crippen molar-refractivity contribution < 1.29 is 19.6 Å². The van der Waals surface area contributed by atoms with Crippen LogP contribution in [-0.4, -0.2) is 44.2 Å². The van der Waals surface area contributed by atoms with Crippen LogP contribution < -0.4 is 19.6 Å². The van der Waals surface area contributed by atoms with Crippen LogP contribution in [0, 0.1) is 10.1 Å². The number of carboxylic acid groups (broad SMARTS) is 1. The van der Waals surface area contributed by atoms with Gasteiger partial charge in [-0.25, -0.2) is 0 Å². The van der Waals surface area contributed by atoms with E-state index in [1.807, 2.05) is 29.2 Å². The van der Waals surface area contributed by atoms with Gasteiger partial charge in [-0.15, -0.1) is 0 Å². The van der Waals surface area contributed by atoms with E-state index >= 15 is 0 Å². The van der Waals surface area contributed by atoms with Gasteiger partial charge >= 0.3 is 0 Å². The van der Waals surface area contributed by atoms with Gasteiger partial charge < -0.3 is 24.4 Å². The summed E-state index contributed by atoms with van der Waals surface area (Å²) in [4.78, 5) is 25.8. The number of hydrogen-bond acceptors (Lipinski definition) is 7. The van der Waals surface area contributed by atoms with Crippen LogP contribution in [0.1, 0.15) is 10.4 Å². The lowest BCUT2D eigenvalue weighted by atomic mass is 10.1. The number of carbonyl (C=O) groups excluding carboxylic acids is 1. The monoisotopic (exact) mass is 356 g/mol. The maximum Gasteiger partial charge on any atom is 0.293 e. The summed E-state index contributed by atoms with van der Waals surface area (Å²) in [5, 5.41) is 22.3. The fourth-order valence-corrected chi connectivity index (χ4v) is 3.14. The Hall–Kier alpha value is -3.29. The van der Waals surface area contributed by atoms with Crippen molar-refractivity contribution in [3.63, 3.8) is 0 Å². The van der Waals surface area contributed by atoms with Crippen molar-refractivity contribution in [2.45, 2.75) is 0 Å². The molecule has 0 radical (unpaired) electrons. The van der Waals surface area contributed by atoms with Crippen molar-refractivity contribution in [3.05, 3.63) is 58.1 Å². The average Bonchev–Trinajstić information content (AvgIpc) is 2.67. The van der Waals surface area contributed by atoms with Crippen LogP contribution in [0.5, 0.6) is 5.75 Å². The molecule has 1 aliphatic heterocycles. The van der Waals surface area contributed by atoms with Gasteiger partial charge in [0.25, 0.3) is 5.69 Å². The Morgan fingerprint density at radius 3 is 2.23 bits per heavy atom. The number of ether oxygens (including phenoxy) is 1. The smallest absolute Gasteiger partial charge is 0.293 e. The fraction of sp³-hybridized carbons (Fsp3) is 0.278. The minimum absolute atomic E-state index is 0.201. The molecule has 0 bridgehead atoms. The lowest BCUT2D eigenvalue weighted by Crippen LogP contribution is -2.46. The largest absolute Gasteiger partial charge is 0.545 e. The number of carboxylic acids is 1. The Bertz CT molecular complexity index is 831. The number of carbonyl (C=O) groups is 1. The van der Waals surface area contributed by atoms with Crippen molar-refractivity contribution in [1.82, 2.24) is 0 Å². The summed E-state index contributed by atoms with van der Waals surface area (Å²) in [6.07, 6.45) is 0. The summed E-state index contributed by atoms with van der Waals surface area (Å²) in [5.41, 5.74) is 0.974. The number of nitrogens with zero attached hydrogens (tertiary/aromatic N) is 3. The molecule has 8 heteroatoms. The molecule has 3 rings (SSSR count). The minimum Gasteiger partial charge on any atom is -0.545 e. The highest BCUT2D eigenvalue weighted by atomic mass is 16.6. The van der Waals surface area contributed by atoms with Gasteiger partial charge in [0.15, 0.2) is 0 Å². The highest BCUT2D eigenvalue weighted by Gasteiger charge is 2.25. The maximum absolute atomic E-state index is 11.3. The molecular weight excluding hydrogens is 338 g/mol. The quantitative estimate of drug-likeness (QED) is 0.588. The van der Waals surface area contributed by atoms with E-state index in [0.29, 0.717) is 31.9 Å². The summed E-state index contributed by atoms with van der Waals surface area (Å²) in [6, 6.07) is 11.6. The Labute approximate surface area is 150 Å². The number of nitro benzene ring substituents is 1.